The summed E-state index contributed by atoms with van der Waals surface area (Å²) in [6.07, 6.45) is -2.61. The Morgan fingerprint density at radius 1 is 1.28 bits per heavy atom. The summed E-state index contributed by atoms with van der Waals surface area (Å²) >= 11 is 0. The lowest BCUT2D eigenvalue weighted by Gasteiger charge is -2.26. The lowest BCUT2D eigenvalue weighted by atomic mass is 9.86. The predicted molar refractivity (Wildman–Crippen MR) is 56.1 cm³/mol. The quantitative estimate of drug-likeness (QED) is 0.883. The van der Waals surface area contributed by atoms with E-state index in [-0.39, 0.29) is 24.3 Å². The molecule has 0 spiro atoms. The van der Waals surface area contributed by atoms with Crippen LogP contribution in [0.1, 0.15) is 37.9 Å². The molecule has 0 bridgehead atoms. The molecule has 1 aromatic heterocycles. The van der Waals surface area contributed by atoms with Gasteiger partial charge in [0.1, 0.15) is 0 Å². The molecule has 2 heterocycles. The Morgan fingerprint density at radius 3 is 2.50 bits per heavy atom. The average molecular weight is 261 g/mol. The highest BCUT2D eigenvalue weighted by Gasteiger charge is 2.61. The van der Waals surface area contributed by atoms with Crippen LogP contribution < -0.4 is 5.32 Å². The van der Waals surface area contributed by atoms with Crippen LogP contribution in [0, 0.1) is 0 Å². The Morgan fingerprint density at radius 2 is 2.00 bits per heavy atom. The highest BCUT2D eigenvalue weighted by Crippen LogP contribution is 2.49. The van der Waals surface area contributed by atoms with Crippen LogP contribution in [-0.2, 0) is 10.8 Å². The van der Waals surface area contributed by atoms with Crippen LogP contribution in [0.15, 0.2) is 4.52 Å². The van der Waals surface area contributed by atoms with Crippen LogP contribution in [0.5, 0.6) is 0 Å². The Bertz CT molecular complexity index is 458. The highest BCUT2D eigenvalue weighted by molar-refractivity contribution is 5.19. The maximum absolute atomic E-state index is 13.3. The minimum absolute atomic E-state index is 0.0468. The van der Waals surface area contributed by atoms with Crippen molar-refractivity contribution in [3.8, 4) is 0 Å². The minimum atomic E-state index is -4.37. The Labute approximate surface area is 102 Å². The zero-order chi connectivity index (χ0) is 13.0. The van der Waals surface area contributed by atoms with Gasteiger partial charge < -0.3 is 9.84 Å². The van der Waals surface area contributed by atoms with Crippen LogP contribution in [0.3, 0.4) is 0 Å². The van der Waals surface area contributed by atoms with Crippen molar-refractivity contribution in [2.24, 2.45) is 0 Å². The van der Waals surface area contributed by atoms with Crippen molar-refractivity contribution in [1.29, 1.82) is 0 Å². The second-order valence-electron chi connectivity index (χ2n) is 5.49. The van der Waals surface area contributed by atoms with Gasteiger partial charge in [-0.25, -0.2) is 0 Å². The lowest BCUT2D eigenvalue weighted by Crippen LogP contribution is -2.44. The molecule has 3 rings (SSSR count). The third-order valence-electron chi connectivity index (χ3n) is 4.07. The first-order valence-electron chi connectivity index (χ1n) is 6.00. The van der Waals surface area contributed by atoms with E-state index in [1.165, 1.54) is 0 Å². The molecular weight excluding hydrogens is 247 g/mol. The first-order valence-corrected chi connectivity index (χ1v) is 6.00. The predicted octanol–water partition coefficient (Wildman–Crippen LogP) is 1.91. The molecule has 1 unspecified atom stereocenters. The van der Waals surface area contributed by atoms with Gasteiger partial charge in [-0.1, -0.05) is 12.1 Å². The van der Waals surface area contributed by atoms with Crippen molar-refractivity contribution in [3.63, 3.8) is 0 Å². The number of nitrogens with zero attached hydrogens (tertiary/aromatic N) is 2. The van der Waals surface area contributed by atoms with Crippen LogP contribution in [0.4, 0.5) is 13.2 Å². The molecule has 1 N–H and O–H groups in total. The van der Waals surface area contributed by atoms with Crippen LogP contribution in [0.25, 0.3) is 0 Å². The van der Waals surface area contributed by atoms with Gasteiger partial charge in [0.2, 0.25) is 5.89 Å². The Balaban J connectivity index is 1.98. The Kier molecular flexibility index (Phi) is 2.30. The number of aromatic nitrogens is 2. The lowest BCUT2D eigenvalue weighted by molar-refractivity contribution is -0.191. The number of hydrogen-bond donors (Lipinski definition) is 1. The summed E-state index contributed by atoms with van der Waals surface area (Å²) in [7, 11) is 0. The van der Waals surface area contributed by atoms with Crippen LogP contribution in [0.2, 0.25) is 0 Å². The molecule has 1 saturated heterocycles. The number of hydrogen-bond acceptors (Lipinski definition) is 4. The van der Waals surface area contributed by atoms with E-state index in [1.54, 1.807) is 0 Å². The first-order chi connectivity index (χ1) is 8.37. The summed E-state index contributed by atoms with van der Waals surface area (Å²) in [4.78, 5) is 4.03. The third kappa shape index (κ3) is 1.56. The van der Waals surface area contributed by atoms with Gasteiger partial charge in [-0.15, -0.1) is 0 Å². The van der Waals surface area contributed by atoms with E-state index in [2.05, 4.69) is 15.5 Å². The molecule has 18 heavy (non-hydrogen) atoms. The molecule has 4 nitrogen and oxygen atoms in total. The number of alkyl halides is 3. The van der Waals surface area contributed by atoms with Gasteiger partial charge >= 0.3 is 6.18 Å². The van der Waals surface area contributed by atoms with Gasteiger partial charge in [0, 0.05) is 12.0 Å². The van der Waals surface area contributed by atoms with Crippen molar-refractivity contribution in [2.45, 2.75) is 43.2 Å². The smallest absolute Gasteiger partial charge is 0.338 e. The van der Waals surface area contributed by atoms with Crippen LogP contribution >= 0.6 is 0 Å². The largest absolute Gasteiger partial charge is 0.404 e. The molecule has 2 fully saturated rings. The van der Waals surface area contributed by atoms with Crippen LogP contribution in [-0.4, -0.2) is 29.4 Å². The van der Waals surface area contributed by atoms with Crippen molar-refractivity contribution in [1.82, 2.24) is 15.5 Å². The molecule has 0 aromatic carbocycles. The molecule has 1 aliphatic carbocycles. The Hall–Kier alpha value is -1.11. The van der Waals surface area contributed by atoms with E-state index in [0.29, 0.717) is 12.4 Å². The molecule has 2 aliphatic rings. The van der Waals surface area contributed by atoms with E-state index < -0.39 is 11.6 Å². The third-order valence-corrected chi connectivity index (χ3v) is 4.07. The maximum Gasteiger partial charge on any atom is 0.404 e. The maximum atomic E-state index is 13.3. The molecule has 0 radical (unpaired) electrons. The van der Waals surface area contributed by atoms with Gasteiger partial charge in [-0.3, -0.25) is 0 Å². The van der Waals surface area contributed by atoms with Gasteiger partial charge in [0.25, 0.3) is 0 Å². The minimum Gasteiger partial charge on any atom is -0.338 e. The molecular formula is C11H14F3N3O. The van der Waals surface area contributed by atoms with Crippen molar-refractivity contribution < 1.29 is 17.7 Å². The zero-order valence-electron chi connectivity index (χ0n) is 9.97. The van der Waals surface area contributed by atoms with E-state index in [4.69, 9.17) is 4.52 Å². The fourth-order valence-electron chi connectivity index (χ4n) is 2.31. The topological polar surface area (TPSA) is 51.0 Å². The summed E-state index contributed by atoms with van der Waals surface area (Å²) in [6, 6.07) is 0. The number of rotatable bonds is 2. The second kappa shape index (κ2) is 3.46. The van der Waals surface area contributed by atoms with E-state index >= 15 is 0 Å². The number of nitrogens with one attached hydrogen (secondary N) is 1. The molecule has 100 valence electrons. The second-order valence-corrected chi connectivity index (χ2v) is 5.49. The summed E-state index contributed by atoms with van der Waals surface area (Å²) in [5.41, 5.74) is -2.19. The summed E-state index contributed by atoms with van der Waals surface area (Å²) in [6.45, 7) is 2.07. The highest BCUT2D eigenvalue weighted by atomic mass is 19.4. The van der Waals surface area contributed by atoms with E-state index in [0.717, 1.165) is 12.8 Å². The van der Waals surface area contributed by atoms with Gasteiger partial charge in [0.15, 0.2) is 11.2 Å². The van der Waals surface area contributed by atoms with Gasteiger partial charge in [-0.05, 0) is 25.8 Å². The molecule has 0 amide bonds. The summed E-state index contributed by atoms with van der Waals surface area (Å²) in [5, 5.41) is 6.47. The average Bonchev–Trinajstić information content (AvgIpc) is 2.77. The summed E-state index contributed by atoms with van der Waals surface area (Å²) in [5.74, 6) is 0.121. The molecule has 7 heteroatoms. The van der Waals surface area contributed by atoms with Crippen molar-refractivity contribution in [2.75, 3.05) is 13.1 Å². The fourth-order valence-corrected chi connectivity index (χ4v) is 2.31. The van der Waals surface area contributed by atoms with Gasteiger partial charge in [0.05, 0.1) is 0 Å². The number of halogens is 3. The van der Waals surface area contributed by atoms with Crippen molar-refractivity contribution >= 4 is 0 Å². The van der Waals surface area contributed by atoms with Crippen molar-refractivity contribution in [3.05, 3.63) is 11.7 Å². The van der Waals surface area contributed by atoms with Gasteiger partial charge in [-0.2, -0.15) is 18.2 Å². The SMILES string of the molecule is CC1(c2noc(C3(C(F)(F)F)CCNC3)n2)CC1. The van der Waals surface area contributed by atoms with E-state index in [9.17, 15) is 13.2 Å². The standard InChI is InChI=1S/C11H14F3N3O/c1-9(2-3-9)7-16-8(18-17-7)10(11(12,13)14)4-5-15-6-10/h15H,2-6H2,1H3. The molecule has 1 aliphatic heterocycles. The molecule has 1 saturated carbocycles. The zero-order valence-corrected chi connectivity index (χ0v) is 9.97. The normalized spacial score (nSPS) is 30.7. The monoisotopic (exact) mass is 261 g/mol. The fraction of sp³-hybridized carbons (Fsp3) is 0.818. The molecule has 1 atom stereocenters. The summed E-state index contributed by atoms with van der Waals surface area (Å²) < 4.78 is 44.7. The van der Waals surface area contributed by atoms with E-state index in [1.807, 2.05) is 6.92 Å². The molecule has 1 aromatic rings. The first kappa shape index (κ1) is 12.0.